The maximum atomic E-state index is 9.16. The Labute approximate surface area is 95.3 Å². The van der Waals surface area contributed by atoms with Crippen LogP contribution in [0, 0.1) is 3.70 Å². The highest BCUT2D eigenvalue weighted by atomic mass is 127. The van der Waals surface area contributed by atoms with E-state index in [9.17, 15) is 0 Å². The van der Waals surface area contributed by atoms with E-state index in [1.807, 2.05) is 11.0 Å². The van der Waals surface area contributed by atoms with Crippen LogP contribution in [0.15, 0.2) is 6.07 Å². The number of halogens is 1. The van der Waals surface area contributed by atoms with Gasteiger partial charge in [-0.1, -0.05) is 0 Å². The molecule has 1 saturated heterocycles. The van der Waals surface area contributed by atoms with Gasteiger partial charge in [0, 0.05) is 19.2 Å². The molecule has 1 aliphatic heterocycles. The second kappa shape index (κ2) is 3.85. The van der Waals surface area contributed by atoms with E-state index in [4.69, 9.17) is 9.84 Å². The molecule has 1 aromatic heterocycles. The van der Waals surface area contributed by atoms with Gasteiger partial charge in [0.2, 0.25) is 0 Å². The molecule has 1 N–H and O–H groups in total. The van der Waals surface area contributed by atoms with E-state index in [2.05, 4.69) is 32.6 Å². The molecule has 5 nitrogen and oxygen atoms in total. The zero-order valence-electron chi connectivity index (χ0n) is 7.64. The lowest BCUT2D eigenvalue weighted by atomic mass is 10.2. The van der Waals surface area contributed by atoms with Crippen LogP contribution < -0.4 is 9.64 Å². The van der Waals surface area contributed by atoms with Crippen LogP contribution in [-0.2, 0) is 0 Å². The van der Waals surface area contributed by atoms with Gasteiger partial charge in [-0.05, 0) is 22.6 Å². The molecule has 0 aromatic carbocycles. The van der Waals surface area contributed by atoms with E-state index >= 15 is 0 Å². The molecule has 0 aliphatic carbocycles. The van der Waals surface area contributed by atoms with Gasteiger partial charge in [0.05, 0.1) is 13.2 Å². The second-order valence-corrected chi connectivity index (χ2v) is 4.20. The highest BCUT2D eigenvalue weighted by Gasteiger charge is 2.26. The Balaban J connectivity index is 2.21. The van der Waals surface area contributed by atoms with Crippen LogP contribution in [0.5, 0.6) is 6.01 Å². The number of ether oxygens (including phenoxy) is 1. The monoisotopic (exact) mass is 307 g/mol. The van der Waals surface area contributed by atoms with Gasteiger partial charge < -0.3 is 14.7 Å². The van der Waals surface area contributed by atoms with E-state index in [0.29, 0.717) is 19.1 Å². The minimum atomic E-state index is -0.228. The molecule has 76 valence electrons. The fourth-order valence-electron chi connectivity index (χ4n) is 1.28. The number of hydrogen-bond donors (Lipinski definition) is 1. The number of β-amino-alcohol motifs (C(OH)–C–C–N with tert-alkyl or cyclic N) is 1. The van der Waals surface area contributed by atoms with Crippen molar-refractivity contribution in [1.29, 1.82) is 0 Å². The quantitative estimate of drug-likeness (QED) is 0.628. The summed E-state index contributed by atoms with van der Waals surface area (Å²) in [6.07, 6.45) is -0.228. The number of hydrogen-bond acceptors (Lipinski definition) is 5. The molecule has 0 amide bonds. The Hall–Kier alpha value is -0.630. The Morgan fingerprint density at radius 3 is 2.86 bits per heavy atom. The van der Waals surface area contributed by atoms with E-state index < -0.39 is 0 Å². The van der Waals surface area contributed by atoms with Gasteiger partial charge in [-0.15, -0.1) is 0 Å². The van der Waals surface area contributed by atoms with Crippen LogP contribution in [0.25, 0.3) is 0 Å². The molecular formula is C8H10IN3O2. The maximum Gasteiger partial charge on any atom is 0.319 e. The van der Waals surface area contributed by atoms with Crippen molar-refractivity contribution in [2.24, 2.45) is 0 Å². The van der Waals surface area contributed by atoms with E-state index in [0.717, 1.165) is 9.52 Å². The summed E-state index contributed by atoms with van der Waals surface area (Å²) in [6, 6.07) is 2.24. The number of aromatic nitrogens is 2. The van der Waals surface area contributed by atoms with Gasteiger partial charge in [0.15, 0.2) is 0 Å². The lowest BCUT2D eigenvalue weighted by Gasteiger charge is -2.36. The average molecular weight is 307 g/mol. The molecule has 0 spiro atoms. The highest BCUT2D eigenvalue weighted by molar-refractivity contribution is 14.1. The van der Waals surface area contributed by atoms with Crippen molar-refractivity contribution in [2.75, 3.05) is 25.1 Å². The van der Waals surface area contributed by atoms with Crippen molar-refractivity contribution in [2.45, 2.75) is 6.10 Å². The normalized spacial score (nSPS) is 16.6. The largest absolute Gasteiger partial charge is 0.467 e. The van der Waals surface area contributed by atoms with Crippen molar-refractivity contribution < 1.29 is 9.84 Å². The molecule has 1 aliphatic rings. The Bertz CT molecular complexity index is 341. The molecule has 1 aromatic rings. The molecule has 1 fully saturated rings. The first kappa shape index (κ1) is 9.91. The number of aliphatic hydroxyl groups excluding tert-OH is 1. The molecule has 6 heteroatoms. The zero-order valence-corrected chi connectivity index (χ0v) is 9.80. The summed E-state index contributed by atoms with van der Waals surface area (Å²) < 4.78 is 5.80. The molecule has 2 heterocycles. The number of rotatable bonds is 2. The predicted octanol–water partition coefficient (Wildman–Crippen LogP) is 0.271. The van der Waals surface area contributed by atoms with Gasteiger partial charge >= 0.3 is 6.01 Å². The minimum Gasteiger partial charge on any atom is -0.467 e. The summed E-state index contributed by atoms with van der Waals surface area (Å²) >= 11 is 2.11. The summed E-state index contributed by atoms with van der Waals surface area (Å²) in [5, 5.41) is 9.16. The minimum absolute atomic E-state index is 0.228. The number of aliphatic hydroxyl groups is 1. The molecule has 14 heavy (non-hydrogen) atoms. The van der Waals surface area contributed by atoms with Gasteiger partial charge in [-0.25, -0.2) is 0 Å². The topological polar surface area (TPSA) is 58.5 Å². The molecule has 0 bridgehead atoms. The Morgan fingerprint density at radius 2 is 2.29 bits per heavy atom. The SMILES string of the molecule is COc1nc(I)cc(N2CC(O)C2)n1. The predicted molar refractivity (Wildman–Crippen MR) is 59.5 cm³/mol. The van der Waals surface area contributed by atoms with Crippen LogP contribution in [-0.4, -0.2) is 41.4 Å². The van der Waals surface area contributed by atoms with E-state index in [-0.39, 0.29) is 6.10 Å². The Kier molecular flexibility index (Phi) is 2.73. The van der Waals surface area contributed by atoms with Crippen LogP contribution in [0.4, 0.5) is 5.82 Å². The molecule has 0 atom stereocenters. The first-order chi connectivity index (χ1) is 6.69. The molecule has 0 radical (unpaired) electrons. The Morgan fingerprint density at radius 1 is 1.57 bits per heavy atom. The third-order valence-corrected chi connectivity index (χ3v) is 2.58. The second-order valence-electron chi connectivity index (χ2n) is 3.09. The first-order valence-electron chi connectivity index (χ1n) is 4.20. The van der Waals surface area contributed by atoms with Crippen molar-refractivity contribution in [1.82, 2.24) is 9.97 Å². The molecule has 0 unspecified atom stereocenters. The number of anilines is 1. The van der Waals surface area contributed by atoms with Crippen LogP contribution in [0.1, 0.15) is 0 Å². The summed E-state index contributed by atoms with van der Waals surface area (Å²) in [7, 11) is 1.54. The number of nitrogens with zero attached hydrogens (tertiary/aromatic N) is 3. The van der Waals surface area contributed by atoms with E-state index in [1.54, 1.807) is 7.11 Å². The smallest absolute Gasteiger partial charge is 0.319 e. The van der Waals surface area contributed by atoms with Gasteiger partial charge in [0.25, 0.3) is 0 Å². The fraction of sp³-hybridized carbons (Fsp3) is 0.500. The van der Waals surface area contributed by atoms with E-state index in [1.165, 1.54) is 0 Å². The molecule has 2 rings (SSSR count). The summed E-state index contributed by atoms with van der Waals surface area (Å²) in [5.41, 5.74) is 0. The molecular weight excluding hydrogens is 297 g/mol. The van der Waals surface area contributed by atoms with Crippen molar-refractivity contribution in [3.05, 3.63) is 9.77 Å². The highest BCUT2D eigenvalue weighted by Crippen LogP contribution is 2.21. The lowest BCUT2D eigenvalue weighted by Crippen LogP contribution is -2.51. The summed E-state index contributed by atoms with van der Waals surface area (Å²) in [5.74, 6) is 0.812. The zero-order chi connectivity index (χ0) is 10.1. The third kappa shape index (κ3) is 1.90. The van der Waals surface area contributed by atoms with Crippen molar-refractivity contribution in [3.8, 4) is 6.01 Å². The third-order valence-electron chi connectivity index (χ3n) is 2.03. The van der Waals surface area contributed by atoms with Crippen LogP contribution in [0.2, 0.25) is 0 Å². The maximum absolute atomic E-state index is 9.16. The van der Waals surface area contributed by atoms with Crippen LogP contribution in [0.3, 0.4) is 0 Å². The summed E-state index contributed by atoms with van der Waals surface area (Å²) in [4.78, 5) is 10.2. The fourth-order valence-corrected chi connectivity index (χ4v) is 1.77. The number of methoxy groups -OCH3 is 1. The van der Waals surface area contributed by atoms with Crippen molar-refractivity contribution in [3.63, 3.8) is 0 Å². The summed E-state index contributed by atoms with van der Waals surface area (Å²) in [6.45, 7) is 1.27. The first-order valence-corrected chi connectivity index (χ1v) is 5.28. The standard InChI is InChI=1S/C8H10IN3O2/c1-14-8-10-6(9)2-7(11-8)12-3-5(13)4-12/h2,5,13H,3-4H2,1H3. The average Bonchev–Trinajstić information content (AvgIpc) is 2.12. The van der Waals surface area contributed by atoms with Crippen LogP contribution >= 0.6 is 22.6 Å². The van der Waals surface area contributed by atoms with Gasteiger partial charge in [0.1, 0.15) is 9.52 Å². The van der Waals surface area contributed by atoms with Gasteiger partial charge in [-0.3, -0.25) is 0 Å². The van der Waals surface area contributed by atoms with Gasteiger partial charge in [-0.2, -0.15) is 9.97 Å². The molecule has 0 saturated carbocycles. The van der Waals surface area contributed by atoms with Crippen molar-refractivity contribution >= 4 is 28.4 Å². The lowest BCUT2D eigenvalue weighted by molar-refractivity contribution is 0.141.